The van der Waals surface area contributed by atoms with Crippen LogP contribution in [0.2, 0.25) is 0 Å². The van der Waals surface area contributed by atoms with Crippen molar-refractivity contribution < 1.29 is 0 Å². The second kappa shape index (κ2) is 5.24. The molecule has 0 radical (unpaired) electrons. The standard InChI is InChI=1S/C12H22N2S/c1-3-11-8-13-12(15-11)14-9(2)10-6-4-5-7-10/h9-11H,3-8H2,1-2H3,(H,13,14). The second-order valence-corrected chi connectivity index (χ2v) is 6.06. The average Bonchev–Trinajstić information content (AvgIpc) is 2.87. The molecule has 1 heterocycles. The molecule has 2 rings (SSSR count). The predicted octanol–water partition coefficient (Wildman–Crippen LogP) is 3.04. The summed E-state index contributed by atoms with van der Waals surface area (Å²) in [6.07, 6.45) is 6.89. The Morgan fingerprint density at radius 2 is 2.20 bits per heavy atom. The van der Waals surface area contributed by atoms with Crippen molar-refractivity contribution in [2.24, 2.45) is 10.9 Å². The van der Waals surface area contributed by atoms with Crippen molar-refractivity contribution in [3.05, 3.63) is 0 Å². The van der Waals surface area contributed by atoms with Crippen LogP contribution in [0.1, 0.15) is 46.0 Å². The molecule has 0 saturated heterocycles. The maximum absolute atomic E-state index is 4.57. The third-order valence-electron chi connectivity index (χ3n) is 3.63. The summed E-state index contributed by atoms with van der Waals surface area (Å²) >= 11 is 1.94. The average molecular weight is 226 g/mol. The van der Waals surface area contributed by atoms with Gasteiger partial charge in [-0.15, -0.1) is 0 Å². The van der Waals surface area contributed by atoms with Crippen molar-refractivity contribution >= 4 is 16.9 Å². The Balaban J connectivity index is 1.77. The fourth-order valence-electron chi connectivity index (χ4n) is 2.48. The molecule has 0 spiro atoms. The van der Waals surface area contributed by atoms with E-state index in [-0.39, 0.29) is 0 Å². The Labute approximate surface area is 97.3 Å². The smallest absolute Gasteiger partial charge is 0.157 e. The van der Waals surface area contributed by atoms with E-state index >= 15 is 0 Å². The largest absolute Gasteiger partial charge is 0.362 e. The monoisotopic (exact) mass is 226 g/mol. The summed E-state index contributed by atoms with van der Waals surface area (Å²) in [5.41, 5.74) is 0. The van der Waals surface area contributed by atoms with Crippen LogP contribution >= 0.6 is 11.8 Å². The van der Waals surface area contributed by atoms with Gasteiger partial charge < -0.3 is 5.32 Å². The Kier molecular flexibility index (Phi) is 3.95. The van der Waals surface area contributed by atoms with Crippen LogP contribution in [-0.4, -0.2) is 23.0 Å². The van der Waals surface area contributed by atoms with Crippen molar-refractivity contribution in [3.63, 3.8) is 0 Å². The molecule has 1 fully saturated rings. The number of hydrogen-bond donors (Lipinski definition) is 1. The molecule has 0 amide bonds. The minimum atomic E-state index is 0.620. The zero-order valence-electron chi connectivity index (χ0n) is 9.83. The topological polar surface area (TPSA) is 24.4 Å². The molecule has 3 heteroatoms. The normalized spacial score (nSPS) is 29.2. The maximum Gasteiger partial charge on any atom is 0.157 e. The van der Waals surface area contributed by atoms with Crippen LogP contribution in [0.15, 0.2) is 4.99 Å². The van der Waals surface area contributed by atoms with Gasteiger partial charge in [0, 0.05) is 11.3 Å². The molecular weight excluding hydrogens is 204 g/mol. The van der Waals surface area contributed by atoms with E-state index in [1.807, 2.05) is 11.8 Å². The fraction of sp³-hybridized carbons (Fsp3) is 0.917. The number of nitrogens with one attached hydrogen (secondary N) is 1. The lowest BCUT2D eigenvalue weighted by atomic mass is 10.0. The third kappa shape index (κ3) is 2.90. The summed E-state index contributed by atoms with van der Waals surface area (Å²) in [6.45, 7) is 5.58. The van der Waals surface area contributed by atoms with Gasteiger partial charge in [0.25, 0.3) is 0 Å². The number of rotatable bonds is 3. The zero-order valence-corrected chi connectivity index (χ0v) is 10.6. The van der Waals surface area contributed by atoms with Crippen LogP contribution in [-0.2, 0) is 0 Å². The van der Waals surface area contributed by atoms with Gasteiger partial charge >= 0.3 is 0 Å². The number of aliphatic imine (C=N–C) groups is 1. The molecule has 0 aromatic heterocycles. The first-order valence-electron chi connectivity index (χ1n) is 6.27. The lowest BCUT2D eigenvalue weighted by Gasteiger charge is -2.21. The zero-order chi connectivity index (χ0) is 10.7. The molecule has 0 aromatic rings. The Morgan fingerprint density at radius 3 is 2.80 bits per heavy atom. The van der Waals surface area contributed by atoms with Crippen molar-refractivity contribution in [1.29, 1.82) is 0 Å². The predicted molar refractivity (Wildman–Crippen MR) is 68.5 cm³/mol. The van der Waals surface area contributed by atoms with Crippen molar-refractivity contribution in [1.82, 2.24) is 5.32 Å². The highest BCUT2D eigenvalue weighted by atomic mass is 32.2. The molecule has 86 valence electrons. The summed E-state index contributed by atoms with van der Waals surface area (Å²) in [6, 6.07) is 0.620. The molecule has 15 heavy (non-hydrogen) atoms. The number of nitrogens with zero attached hydrogens (tertiary/aromatic N) is 1. The first-order valence-corrected chi connectivity index (χ1v) is 7.15. The second-order valence-electron chi connectivity index (χ2n) is 4.77. The van der Waals surface area contributed by atoms with Crippen molar-refractivity contribution in [3.8, 4) is 0 Å². The molecule has 1 aliphatic carbocycles. The Morgan fingerprint density at radius 1 is 1.47 bits per heavy atom. The van der Waals surface area contributed by atoms with E-state index in [9.17, 15) is 0 Å². The van der Waals surface area contributed by atoms with Crippen LogP contribution in [0.3, 0.4) is 0 Å². The van der Waals surface area contributed by atoms with Crippen molar-refractivity contribution in [2.75, 3.05) is 6.54 Å². The van der Waals surface area contributed by atoms with E-state index in [2.05, 4.69) is 24.2 Å². The number of thioether (sulfide) groups is 1. The number of amidine groups is 1. The van der Waals surface area contributed by atoms with Gasteiger partial charge in [0.15, 0.2) is 5.17 Å². The van der Waals surface area contributed by atoms with Crippen LogP contribution in [0.4, 0.5) is 0 Å². The minimum absolute atomic E-state index is 0.620. The third-order valence-corrected chi connectivity index (χ3v) is 4.92. The maximum atomic E-state index is 4.57. The van der Waals surface area contributed by atoms with Gasteiger partial charge in [0.1, 0.15) is 0 Å². The van der Waals surface area contributed by atoms with E-state index in [0.29, 0.717) is 6.04 Å². The van der Waals surface area contributed by atoms with Gasteiger partial charge in [0.2, 0.25) is 0 Å². The van der Waals surface area contributed by atoms with E-state index in [1.54, 1.807) is 0 Å². The van der Waals surface area contributed by atoms with Gasteiger partial charge in [-0.2, -0.15) is 0 Å². The highest BCUT2D eigenvalue weighted by Crippen LogP contribution is 2.29. The molecule has 0 bridgehead atoms. The summed E-state index contributed by atoms with van der Waals surface area (Å²) < 4.78 is 0. The van der Waals surface area contributed by atoms with Crippen LogP contribution in [0.25, 0.3) is 0 Å². The fourth-order valence-corrected chi connectivity index (χ4v) is 3.51. The van der Waals surface area contributed by atoms with Gasteiger partial charge in [-0.05, 0) is 32.1 Å². The van der Waals surface area contributed by atoms with E-state index in [4.69, 9.17) is 0 Å². The SMILES string of the molecule is CCC1CN=C(NC(C)C2CCCC2)S1. The molecule has 2 atom stereocenters. The Bertz CT molecular complexity index is 234. The first kappa shape index (κ1) is 11.3. The van der Waals surface area contributed by atoms with Crippen LogP contribution < -0.4 is 5.32 Å². The highest BCUT2D eigenvalue weighted by molar-refractivity contribution is 8.14. The summed E-state index contributed by atoms with van der Waals surface area (Å²) in [5.74, 6) is 0.883. The quantitative estimate of drug-likeness (QED) is 0.800. The summed E-state index contributed by atoms with van der Waals surface area (Å²) in [5, 5.41) is 5.52. The first-order chi connectivity index (χ1) is 7.29. The molecule has 1 saturated carbocycles. The summed E-state index contributed by atoms with van der Waals surface area (Å²) in [7, 11) is 0. The van der Waals surface area contributed by atoms with Gasteiger partial charge in [0.05, 0.1) is 6.54 Å². The molecule has 2 aliphatic rings. The van der Waals surface area contributed by atoms with Crippen LogP contribution in [0, 0.1) is 5.92 Å². The summed E-state index contributed by atoms with van der Waals surface area (Å²) in [4.78, 5) is 4.57. The number of hydrogen-bond acceptors (Lipinski definition) is 3. The minimum Gasteiger partial charge on any atom is -0.362 e. The van der Waals surface area contributed by atoms with E-state index in [1.165, 1.54) is 37.3 Å². The van der Waals surface area contributed by atoms with Gasteiger partial charge in [-0.25, -0.2) is 0 Å². The molecular formula is C12H22N2S. The highest BCUT2D eigenvalue weighted by Gasteiger charge is 2.24. The molecule has 0 aromatic carbocycles. The van der Waals surface area contributed by atoms with E-state index in [0.717, 1.165) is 17.7 Å². The van der Waals surface area contributed by atoms with Gasteiger partial charge in [-0.1, -0.05) is 31.5 Å². The Hall–Kier alpha value is -0.180. The molecule has 1 N–H and O–H groups in total. The lowest BCUT2D eigenvalue weighted by molar-refractivity contribution is 0.428. The molecule has 2 unspecified atom stereocenters. The van der Waals surface area contributed by atoms with Crippen LogP contribution in [0.5, 0.6) is 0 Å². The molecule has 1 aliphatic heterocycles. The van der Waals surface area contributed by atoms with Gasteiger partial charge in [-0.3, -0.25) is 4.99 Å². The molecule has 2 nitrogen and oxygen atoms in total. The van der Waals surface area contributed by atoms with E-state index < -0.39 is 0 Å². The lowest BCUT2D eigenvalue weighted by Crippen LogP contribution is -2.35. The van der Waals surface area contributed by atoms with Crippen molar-refractivity contribution in [2.45, 2.75) is 57.2 Å².